The summed E-state index contributed by atoms with van der Waals surface area (Å²) in [5.41, 5.74) is 2.63. The zero-order valence-corrected chi connectivity index (χ0v) is 14.9. The van der Waals surface area contributed by atoms with Gasteiger partial charge >= 0.3 is 6.36 Å². The van der Waals surface area contributed by atoms with E-state index in [4.69, 9.17) is 0 Å². The van der Waals surface area contributed by atoms with Crippen molar-refractivity contribution in [1.82, 2.24) is 0 Å². The van der Waals surface area contributed by atoms with E-state index in [0.717, 1.165) is 29.7 Å². The smallest absolute Gasteiger partial charge is 0.406 e. The van der Waals surface area contributed by atoms with E-state index < -0.39 is 6.36 Å². The lowest BCUT2D eigenvalue weighted by Crippen LogP contribution is -2.17. The summed E-state index contributed by atoms with van der Waals surface area (Å²) in [7, 11) is 0. The van der Waals surface area contributed by atoms with Crippen molar-refractivity contribution in [3.8, 4) is 5.75 Å². The average molecular weight is 419 g/mol. The van der Waals surface area contributed by atoms with Gasteiger partial charge in [-0.15, -0.1) is 13.2 Å². The molecule has 0 amide bonds. The summed E-state index contributed by atoms with van der Waals surface area (Å²) < 4.78 is 45.4. The van der Waals surface area contributed by atoms with E-state index >= 15 is 0 Å². The normalized spacial score (nSPS) is 14.0. The van der Waals surface area contributed by atoms with Crippen molar-refractivity contribution in [3.63, 3.8) is 0 Å². The van der Waals surface area contributed by atoms with Gasteiger partial charge in [0.1, 0.15) is 5.75 Å². The summed E-state index contributed by atoms with van der Waals surface area (Å²) in [6.45, 7) is 0.835. The second kappa shape index (κ2) is 7.14. The van der Waals surface area contributed by atoms with Crippen LogP contribution in [0.5, 0.6) is 5.75 Å². The molecule has 1 heterocycles. The molecule has 128 valence electrons. The molecule has 8 heteroatoms. The van der Waals surface area contributed by atoms with Gasteiger partial charge in [-0.1, -0.05) is 34.1 Å². The predicted octanol–water partition coefficient (Wildman–Crippen LogP) is 5.89. The third-order valence-electron chi connectivity index (χ3n) is 3.33. The van der Waals surface area contributed by atoms with Crippen molar-refractivity contribution in [2.24, 2.45) is 0 Å². The Bertz CT molecular complexity index is 714. The molecule has 2 aromatic carbocycles. The highest BCUT2D eigenvalue weighted by atomic mass is 79.9. The first-order chi connectivity index (χ1) is 11.5. The zero-order chi connectivity index (χ0) is 17.2. The van der Waals surface area contributed by atoms with Crippen LogP contribution in [-0.2, 0) is 0 Å². The molecule has 0 bridgehead atoms. The van der Waals surface area contributed by atoms with Crippen LogP contribution in [0.4, 0.5) is 30.2 Å². The lowest BCUT2D eigenvalue weighted by Gasteiger charge is -2.20. The predicted molar refractivity (Wildman–Crippen MR) is 95.1 cm³/mol. The Kier molecular flexibility index (Phi) is 5.15. The number of benzene rings is 2. The third-order valence-corrected chi connectivity index (χ3v) is 5.04. The van der Waals surface area contributed by atoms with Crippen LogP contribution in [0.2, 0.25) is 0 Å². The van der Waals surface area contributed by atoms with Crippen molar-refractivity contribution >= 4 is 45.1 Å². The lowest BCUT2D eigenvalue weighted by molar-refractivity contribution is -0.274. The van der Waals surface area contributed by atoms with E-state index in [1.54, 1.807) is 12.1 Å². The van der Waals surface area contributed by atoms with Gasteiger partial charge in [0.15, 0.2) is 0 Å². The van der Waals surface area contributed by atoms with Crippen molar-refractivity contribution in [1.29, 1.82) is 0 Å². The maximum Gasteiger partial charge on any atom is 0.573 e. The molecule has 0 N–H and O–H groups in total. The van der Waals surface area contributed by atoms with Crippen LogP contribution >= 0.6 is 28.1 Å². The van der Waals surface area contributed by atoms with Crippen molar-refractivity contribution < 1.29 is 17.9 Å². The minimum absolute atomic E-state index is 0.225. The molecule has 0 atom stereocenters. The van der Waals surface area contributed by atoms with E-state index in [-0.39, 0.29) is 5.75 Å². The Balaban J connectivity index is 1.88. The molecular formula is C16H14BrF3N2OS. The number of ether oxygens (including phenoxy) is 1. The van der Waals surface area contributed by atoms with Crippen molar-refractivity contribution in [2.45, 2.75) is 12.8 Å². The third kappa shape index (κ3) is 3.92. The summed E-state index contributed by atoms with van der Waals surface area (Å²) in [6, 6.07) is 13.8. The molecule has 3 nitrogen and oxygen atoms in total. The fourth-order valence-electron chi connectivity index (χ4n) is 2.39. The van der Waals surface area contributed by atoms with Crippen LogP contribution in [0.15, 0.2) is 48.5 Å². The Morgan fingerprint density at radius 1 is 1.04 bits per heavy atom. The molecule has 1 aliphatic heterocycles. The largest absolute Gasteiger partial charge is 0.573 e. The molecule has 0 radical (unpaired) electrons. The molecule has 0 saturated carbocycles. The Hall–Kier alpha value is -1.54. The molecule has 0 saturated heterocycles. The van der Waals surface area contributed by atoms with E-state index in [2.05, 4.69) is 25.0 Å². The maximum atomic E-state index is 12.4. The first-order valence-corrected chi connectivity index (χ1v) is 9.10. The fraction of sp³-hybridized carbons (Fsp3) is 0.250. The number of halogens is 4. The van der Waals surface area contributed by atoms with Crippen LogP contribution in [0, 0.1) is 0 Å². The van der Waals surface area contributed by atoms with Crippen LogP contribution in [-0.4, -0.2) is 18.2 Å². The van der Waals surface area contributed by atoms with Crippen molar-refractivity contribution in [2.75, 3.05) is 20.5 Å². The van der Waals surface area contributed by atoms with Gasteiger partial charge in [-0.05, 0) is 30.7 Å². The van der Waals surface area contributed by atoms with Gasteiger partial charge in [0.05, 0.1) is 29.2 Å². The number of fused-ring (bicyclic) bond motifs is 1. The maximum absolute atomic E-state index is 12.4. The van der Waals surface area contributed by atoms with Gasteiger partial charge in [-0.3, -0.25) is 8.61 Å². The van der Waals surface area contributed by atoms with E-state index in [1.807, 2.05) is 28.6 Å². The van der Waals surface area contributed by atoms with Gasteiger partial charge in [0, 0.05) is 17.9 Å². The Morgan fingerprint density at radius 3 is 2.50 bits per heavy atom. The number of alkyl halides is 4. The molecule has 2 aromatic rings. The molecule has 0 fully saturated rings. The minimum Gasteiger partial charge on any atom is -0.406 e. The van der Waals surface area contributed by atoms with Gasteiger partial charge in [-0.2, -0.15) is 0 Å². The second-order valence-corrected chi connectivity index (χ2v) is 6.82. The average Bonchev–Trinajstić information content (AvgIpc) is 2.90. The highest BCUT2D eigenvalue weighted by Gasteiger charge is 2.32. The monoisotopic (exact) mass is 418 g/mol. The number of rotatable bonds is 5. The van der Waals surface area contributed by atoms with Gasteiger partial charge in [0.2, 0.25) is 0 Å². The number of anilines is 3. The summed E-state index contributed by atoms with van der Waals surface area (Å²) in [5.74, 6) is -0.225. The van der Waals surface area contributed by atoms with E-state index in [0.29, 0.717) is 5.69 Å². The number of nitrogens with zero attached hydrogens (tertiary/aromatic N) is 2. The van der Waals surface area contributed by atoms with Crippen LogP contribution in [0.25, 0.3) is 0 Å². The Morgan fingerprint density at radius 2 is 1.79 bits per heavy atom. The minimum atomic E-state index is -4.70. The van der Waals surface area contributed by atoms with E-state index in [9.17, 15) is 13.2 Å². The molecule has 0 unspecified atom stereocenters. The SMILES string of the molecule is FC(F)(F)Oc1cccc(N2SN(CCCBr)c3ccccc32)c1. The van der Waals surface area contributed by atoms with Gasteiger partial charge in [0.25, 0.3) is 0 Å². The molecule has 1 aliphatic rings. The molecular weight excluding hydrogens is 405 g/mol. The highest BCUT2D eigenvalue weighted by Crippen LogP contribution is 2.49. The molecule has 0 aliphatic carbocycles. The topological polar surface area (TPSA) is 15.7 Å². The zero-order valence-electron chi connectivity index (χ0n) is 12.5. The quantitative estimate of drug-likeness (QED) is 0.443. The van der Waals surface area contributed by atoms with Crippen LogP contribution in [0.3, 0.4) is 0 Å². The molecule has 0 aromatic heterocycles. The Labute approximate surface area is 150 Å². The molecule has 24 heavy (non-hydrogen) atoms. The van der Waals surface area contributed by atoms with Gasteiger partial charge in [-0.25, -0.2) is 0 Å². The van der Waals surface area contributed by atoms with Gasteiger partial charge < -0.3 is 4.74 Å². The van der Waals surface area contributed by atoms with E-state index in [1.165, 1.54) is 24.3 Å². The highest BCUT2D eigenvalue weighted by molar-refractivity contribution is 9.09. The summed E-state index contributed by atoms with van der Waals surface area (Å²) in [6.07, 6.45) is -3.73. The number of hydrogen-bond donors (Lipinski definition) is 0. The number of hydrogen-bond acceptors (Lipinski definition) is 4. The standard InChI is InChI=1S/C16H14BrF3N2OS/c17-9-4-10-21-14-7-1-2-8-15(14)22(24-21)12-5-3-6-13(11-12)23-16(18,19)20/h1-3,5-8,11H,4,9-10H2. The first kappa shape index (κ1) is 17.3. The van der Waals surface area contributed by atoms with Crippen LogP contribution in [0.1, 0.15) is 6.42 Å². The number of para-hydroxylation sites is 2. The van der Waals surface area contributed by atoms with Crippen molar-refractivity contribution in [3.05, 3.63) is 48.5 Å². The summed E-state index contributed by atoms with van der Waals surface area (Å²) >= 11 is 4.89. The lowest BCUT2D eigenvalue weighted by atomic mass is 10.2. The van der Waals surface area contributed by atoms with Crippen LogP contribution < -0.4 is 13.3 Å². The second-order valence-electron chi connectivity index (χ2n) is 5.05. The first-order valence-electron chi connectivity index (χ1n) is 7.24. The molecule has 0 spiro atoms. The molecule has 3 rings (SSSR count). The summed E-state index contributed by atoms with van der Waals surface area (Å²) in [5, 5.41) is 0.890. The summed E-state index contributed by atoms with van der Waals surface area (Å²) in [4.78, 5) is 0. The fourth-order valence-corrected chi connectivity index (χ4v) is 3.74.